The van der Waals surface area contributed by atoms with E-state index >= 15 is 0 Å². The van der Waals surface area contributed by atoms with Gasteiger partial charge in [0.2, 0.25) is 0 Å². The second-order valence-electron chi connectivity index (χ2n) is 4.39. The van der Waals surface area contributed by atoms with E-state index in [2.05, 4.69) is 5.32 Å². The van der Waals surface area contributed by atoms with Crippen LogP contribution in [0.5, 0.6) is 5.75 Å². The molecule has 3 nitrogen and oxygen atoms in total. The van der Waals surface area contributed by atoms with Crippen LogP contribution in [0.1, 0.15) is 21.5 Å². The largest absolute Gasteiger partial charge is 0.508 e. The lowest BCUT2D eigenvalue weighted by Crippen LogP contribution is -2.14. The highest BCUT2D eigenvalue weighted by Gasteiger charge is 2.13. The quantitative estimate of drug-likeness (QED) is 0.868. The molecule has 0 aromatic heterocycles. The van der Waals surface area contributed by atoms with Crippen LogP contribution >= 0.6 is 0 Å². The van der Waals surface area contributed by atoms with E-state index in [-0.39, 0.29) is 11.3 Å². The molecule has 0 spiro atoms. The minimum absolute atomic E-state index is 0.0113. The lowest BCUT2D eigenvalue weighted by molar-refractivity contribution is 0.102. The summed E-state index contributed by atoms with van der Waals surface area (Å²) in [6.45, 7) is 3.47. The van der Waals surface area contributed by atoms with Crippen molar-refractivity contribution in [2.45, 2.75) is 13.8 Å². The Balaban J connectivity index is 2.31. The van der Waals surface area contributed by atoms with Gasteiger partial charge in [0.25, 0.3) is 5.91 Å². The Hall–Kier alpha value is -2.36. The summed E-state index contributed by atoms with van der Waals surface area (Å²) >= 11 is 0. The van der Waals surface area contributed by atoms with Crippen molar-refractivity contribution in [3.05, 3.63) is 58.9 Å². The van der Waals surface area contributed by atoms with Crippen LogP contribution < -0.4 is 5.32 Å². The first-order chi connectivity index (χ1) is 8.99. The van der Waals surface area contributed by atoms with Crippen LogP contribution in [-0.4, -0.2) is 11.0 Å². The van der Waals surface area contributed by atoms with Crippen LogP contribution in [0.2, 0.25) is 0 Å². The third-order valence-corrected chi connectivity index (χ3v) is 2.92. The predicted molar refractivity (Wildman–Crippen MR) is 71.9 cm³/mol. The molecule has 0 aliphatic heterocycles. The van der Waals surface area contributed by atoms with Crippen LogP contribution in [-0.2, 0) is 0 Å². The number of aromatic hydroxyl groups is 1. The Morgan fingerprint density at radius 3 is 2.68 bits per heavy atom. The minimum atomic E-state index is -0.569. The van der Waals surface area contributed by atoms with Crippen LogP contribution in [0.25, 0.3) is 0 Å². The summed E-state index contributed by atoms with van der Waals surface area (Å²) in [7, 11) is 0. The maximum Gasteiger partial charge on any atom is 0.258 e. The fourth-order valence-electron chi connectivity index (χ4n) is 1.76. The number of carbonyl (C=O) groups is 1. The number of amides is 1. The summed E-state index contributed by atoms with van der Waals surface area (Å²) in [6, 6.07) is 9.15. The molecule has 2 rings (SSSR count). The number of hydrogen-bond donors (Lipinski definition) is 2. The van der Waals surface area contributed by atoms with Crippen molar-refractivity contribution in [1.29, 1.82) is 0 Å². The molecule has 0 saturated heterocycles. The first kappa shape index (κ1) is 13.1. The number of aryl methyl sites for hydroxylation is 1. The SMILES string of the molecule is Cc1ccc(F)c(C(=O)Nc2cccc(O)c2C)c1. The van der Waals surface area contributed by atoms with Gasteiger partial charge >= 0.3 is 0 Å². The summed E-state index contributed by atoms with van der Waals surface area (Å²) in [5.41, 5.74) is 1.80. The Labute approximate surface area is 110 Å². The molecule has 0 bridgehead atoms. The third kappa shape index (κ3) is 2.73. The molecule has 1 amide bonds. The molecule has 0 saturated carbocycles. The maximum atomic E-state index is 13.6. The van der Waals surface area contributed by atoms with E-state index in [4.69, 9.17) is 0 Å². The molecule has 0 heterocycles. The average molecular weight is 259 g/mol. The first-order valence-electron chi connectivity index (χ1n) is 5.85. The number of rotatable bonds is 2. The van der Waals surface area contributed by atoms with Gasteiger partial charge in [-0.2, -0.15) is 0 Å². The number of phenolic OH excluding ortho intramolecular Hbond substituents is 1. The van der Waals surface area contributed by atoms with Crippen molar-refractivity contribution in [3.63, 3.8) is 0 Å². The smallest absolute Gasteiger partial charge is 0.258 e. The Morgan fingerprint density at radius 2 is 1.95 bits per heavy atom. The van der Waals surface area contributed by atoms with Crippen molar-refractivity contribution in [2.24, 2.45) is 0 Å². The van der Waals surface area contributed by atoms with Gasteiger partial charge in [0, 0.05) is 11.3 Å². The highest BCUT2D eigenvalue weighted by atomic mass is 19.1. The van der Waals surface area contributed by atoms with E-state index in [9.17, 15) is 14.3 Å². The Kier molecular flexibility index (Phi) is 3.51. The molecule has 2 aromatic rings. The van der Waals surface area contributed by atoms with Crippen molar-refractivity contribution >= 4 is 11.6 Å². The molecule has 19 heavy (non-hydrogen) atoms. The van der Waals surface area contributed by atoms with Gasteiger partial charge in [0.15, 0.2) is 0 Å². The first-order valence-corrected chi connectivity index (χ1v) is 5.85. The van der Waals surface area contributed by atoms with E-state index in [0.29, 0.717) is 11.3 Å². The average Bonchev–Trinajstić information content (AvgIpc) is 2.38. The monoisotopic (exact) mass is 259 g/mol. The molecule has 0 radical (unpaired) electrons. The highest BCUT2D eigenvalue weighted by Crippen LogP contribution is 2.24. The molecule has 0 aliphatic rings. The standard InChI is InChI=1S/C15H14FNO2/c1-9-6-7-12(16)11(8-9)15(19)17-13-4-3-5-14(18)10(13)2/h3-8,18H,1-2H3,(H,17,19). The summed E-state index contributed by atoms with van der Waals surface area (Å²) < 4.78 is 13.6. The maximum absolute atomic E-state index is 13.6. The summed E-state index contributed by atoms with van der Waals surface area (Å²) in [5, 5.41) is 12.2. The van der Waals surface area contributed by atoms with Gasteiger partial charge < -0.3 is 10.4 Å². The van der Waals surface area contributed by atoms with Gasteiger partial charge in [-0.1, -0.05) is 17.7 Å². The number of phenols is 1. The van der Waals surface area contributed by atoms with Crippen molar-refractivity contribution in [3.8, 4) is 5.75 Å². The van der Waals surface area contributed by atoms with Gasteiger partial charge in [-0.25, -0.2) is 4.39 Å². The summed E-state index contributed by atoms with van der Waals surface area (Å²) in [4.78, 5) is 12.0. The molecule has 0 atom stereocenters. The molecule has 4 heteroatoms. The number of benzene rings is 2. The van der Waals surface area contributed by atoms with Crippen LogP contribution in [0.4, 0.5) is 10.1 Å². The Morgan fingerprint density at radius 1 is 1.21 bits per heavy atom. The van der Waals surface area contributed by atoms with E-state index in [1.807, 2.05) is 0 Å². The van der Waals surface area contributed by atoms with Crippen LogP contribution in [0, 0.1) is 19.7 Å². The number of halogens is 1. The lowest BCUT2D eigenvalue weighted by atomic mass is 10.1. The second-order valence-corrected chi connectivity index (χ2v) is 4.39. The topological polar surface area (TPSA) is 49.3 Å². The molecule has 2 aromatic carbocycles. The normalized spacial score (nSPS) is 10.3. The fourth-order valence-corrected chi connectivity index (χ4v) is 1.76. The van der Waals surface area contributed by atoms with E-state index in [0.717, 1.165) is 5.56 Å². The van der Waals surface area contributed by atoms with Crippen molar-refractivity contribution < 1.29 is 14.3 Å². The molecule has 98 valence electrons. The van der Waals surface area contributed by atoms with Gasteiger partial charge in [-0.15, -0.1) is 0 Å². The molecule has 0 aliphatic carbocycles. The lowest BCUT2D eigenvalue weighted by Gasteiger charge is -2.10. The van der Waals surface area contributed by atoms with Gasteiger partial charge in [-0.05, 0) is 38.1 Å². The summed E-state index contributed by atoms with van der Waals surface area (Å²) in [5.74, 6) is -1.02. The van der Waals surface area contributed by atoms with E-state index in [1.165, 1.54) is 18.2 Å². The van der Waals surface area contributed by atoms with Gasteiger partial charge in [0.1, 0.15) is 11.6 Å². The number of nitrogens with one attached hydrogen (secondary N) is 1. The third-order valence-electron chi connectivity index (χ3n) is 2.92. The molecule has 2 N–H and O–H groups in total. The van der Waals surface area contributed by atoms with Gasteiger partial charge in [0.05, 0.1) is 5.56 Å². The van der Waals surface area contributed by atoms with Crippen LogP contribution in [0.15, 0.2) is 36.4 Å². The zero-order chi connectivity index (χ0) is 14.0. The van der Waals surface area contributed by atoms with Crippen molar-refractivity contribution in [1.82, 2.24) is 0 Å². The zero-order valence-corrected chi connectivity index (χ0v) is 10.7. The number of anilines is 1. The Bertz CT molecular complexity index is 638. The fraction of sp³-hybridized carbons (Fsp3) is 0.133. The zero-order valence-electron chi connectivity index (χ0n) is 10.7. The second kappa shape index (κ2) is 5.10. The molecule has 0 unspecified atom stereocenters. The van der Waals surface area contributed by atoms with Gasteiger partial charge in [-0.3, -0.25) is 4.79 Å². The number of carbonyl (C=O) groups excluding carboxylic acids is 1. The highest BCUT2D eigenvalue weighted by molar-refractivity contribution is 6.05. The minimum Gasteiger partial charge on any atom is -0.508 e. The molecular formula is C15H14FNO2. The van der Waals surface area contributed by atoms with E-state index in [1.54, 1.807) is 32.0 Å². The van der Waals surface area contributed by atoms with Crippen molar-refractivity contribution in [2.75, 3.05) is 5.32 Å². The summed E-state index contributed by atoms with van der Waals surface area (Å²) in [6.07, 6.45) is 0. The molecule has 0 fully saturated rings. The van der Waals surface area contributed by atoms with Crippen LogP contribution in [0.3, 0.4) is 0 Å². The van der Waals surface area contributed by atoms with E-state index < -0.39 is 11.7 Å². The number of hydrogen-bond acceptors (Lipinski definition) is 2. The molecular weight excluding hydrogens is 245 g/mol. The predicted octanol–water partition coefficient (Wildman–Crippen LogP) is 3.40.